The van der Waals surface area contributed by atoms with E-state index in [9.17, 15) is 19.2 Å². The van der Waals surface area contributed by atoms with Crippen molar-refractivity contribution in [1.82, 2.24) is 10.2 Å². The number of urea groups is 1. The molecule has 0 saturated carbocycles. The molecular weight excluding hydrogens is 398 g/mol. The van der Waals surface area contributed by atoms with Gasteiger partial charge in [0.1, 0.15) is 12.1 Å². The lowest BCUT2D eigenvalue weighted by atomic mass is 9.92. The van der Waals surface area contributed by atoms with Crippen molar-refractivity contribution in [3.05, 3.63) is 42.5 Å². The fourth-order valence-electron chi connectivity index (χ4n) is 3.42. The maximum absolute atomic E-state index is 12.6. The zero-order valence-electron chi connectivity index (χ0n) is 17.9. The van der Waals surface area contributed by atoms with Crippen LogP contribution in [0.4, 0.5) is 10.5 Å². The number of carbonyl (C=O) groups is 4. The van der Waals surface area contributed by atoms with Crippen LogP contribution in [0.25, 0.3) is 10.8 Å². The Labute approximate surface area is 180 Å². The van der Waals surface area contributed by atoms with E-state index < -0.39 is 42.5 Å². The second-order valence-electron chi connectivity index (χ2n) is 8.36. The van der Waals surface area contributed by atoms with Crippen molar-refractivity contribution >= 4 is 40.3 Å². The Morgan fingerprint density at radius 3 is 2.55 bits per heavy atom. The third kappa shape index (κ3) is 5.39. The molecule has 8 heteroatoms. The van der Waals surface area contributed by atoms with Crippen molar-refractivity contribution in [3.63, 3.8) is 0 Å². The number of nitrogens with zero attached hydrogens (tertiary/aromatic N) is 1. The van der Waals surface area contributed by atoms with Crippen LogP contribution in [0.15, 0.2) is 42.5 Å². The molecule has 0 unspecified atom stereocenters. The molecule has 0 aliphatic carbocycles. The minimum absolute atomic E-state index is 0.377. The van der Waals surface area contributed by atoms with Crippen molar-refractivity contribution in [2.75, 3.05) is 18.5 Å². The van der Waals surface area contributed by atoms with Crippen LogP contribution < -0.4 is 10.6 Å². The highest BCUT2D eigenvalue weighted by Gasteiger charge is 2.48. The number of ether oxygens (including phenoxy) is 1. The van der Waals surface area contributed by atoms with Crippen LogP contribution in [0, 0.1) is 5.92 Å². The fourth-order valence-corrected chi connectivity index (χ4v) is 3.42. The summed E-state index contributed by atoms with van der Waals surface area (Å²) < 4.78 is 4.96. The molecule has 3 rings (SSSR count). The fraction of sp³-hybridized carbons (Fsp3) is 0.391. The van der Waals surface area contributed by atoms with Crippen molar-refractivity contribution < 1.29 is 23.9 Å². The summed E-state index contributed by atoms with van der Waals surface area (Å²) in [7, 11) is 0. The summed E-state index contributed by atoms with van der Waals surface area (Å²) in [6, 6.07) is 12.6. The lowest BCUT2D eigenvalue weighted by Crippen LogP contribution is -2.44. The summed E-state index contributed by atoms with van der Waals surface area (Å²) >= 11 is 0. The summed E-state index contributed by atoms with van der Waals surface area (Å²) in [6.45, 7) is 4.66. The molecule has 1 saturated heterocycles. The molecule has 1 fully saturated rings. The first-order chi connectivity index (χ1) is 14.7. The number of rotatable bonds is 8. The molecule has 1 atom stereocenters. The van der Waals surface area contributed by atoms with E-state index in [0.29, 0.717) is 18.0 Å². The predicted octanol–water partition coefficient (Wildman–Crippen LogP) is 3.07. The Bertz CT molecular complexity index is 1020. The van der Waals surface area contributed by atoms with Crippen LogP contribution in [-0.4, -0.2) is 47.4 Å². The molecule has 0 spiro atoms. The molecule has 0 bridgehead atoms. The third-order valence-corrected chi connectivity index (χ3v) is 5.25. The van der Waals surface area contributed by atoms with Gasteiger partial charge in [0.2, 0.25) is 0 Å². The average Bonchev–Trinajstić information content (AvgIpc) is 2.94. The SMILES string of the molecule is CC(C)CC[C@@]1(C)NC(=O)N(CC(=O)OCC(=O)Nc2ccc3ccccc3c2)C1=O. The number of amides is 4. The van der Waals surface area contributed by atoms with Gasteiger partial charge in [-0.1, -0.05) is 44.2 Å². The maximum atomic E-state index is 12.6. The molecular formula is C23H27N3O5. The highest BCUT2D eigenvalue weighted by Crippen LogP contribution is 2.24. The summed E-state index contributed by atoms with van der Waals surface area (Å²) in [6.07, 6.45) is 1.24. The van der Waals surface area contributed by atoms with E-state index in [0.717, 1.165) is 22.1 Å². The molecule has 1 aliphatic heterocycles. The summed E-state index contributed by atoms with van der Waals surface area (Å²) in [5, 5.41) is 7.33. The second kappa shape index (κ2) is 9.16. The molecule has 2 aromatic carbocycles. The lowest BCUT2D eigenvalue weighted by molar-refractivity contribution is -0.150. The van der Waals surface area contributed by atoms with E-state index in [2.05, 4.69) is 10.6 Å². The monoisotopic (exact) mass is 425 g/mol. The second-order valence-corrected chi connectivity index (χ2v) is 8.36. The van der Waals surface area contributed by atoms with Gasteiger partial charge in [0, 0.05) is 5.69 Å². The Morgan fingerprint density at radius 1 is 1.13 bits per heavy atom. The minimum atomic E-state index is -1.03. The molecule has 31 heavy (non-hydrogen) atoms. The van der Waals surface area contributed by atoms with Crippen molar-refractivity contribution in [1.29, 1.82) is 0 Å². The van der Waals surface area contributed by atoms with Crippen LogP contribution >= 0.6 is 0 Å². The molecule has 2 aromatic rings. The maximum Gasteiger partial charge on any atom is 0.326 e. The van der Waals surface area contributed by atoms with Crippen LogP contribution in [0.3, 0.4) is 0 Å². The van der Waals surface area contributed by atoms with E-state index in [-0.39, 0.29) is 0 Å². The highest BCUT2D eigenvalue weighted by atomic mass is 16.5. The van der Waals surface area contributed by atoms with Crippen LogP contribution in [0.1, 0.15) is 33.6 Å². The van der Waals surface area contributed by atoms with Gasteiger partial charge in [-0.05, 0) is 48.6 Å². The number of nitrogens with one attached hydrogen (secondary N) is 2. The first kappa shape index (κ1) is 22.3. The normalized spacial score (nSPS) is 18.4. The first-order valence-electron chi connectivity index (χ1n) is 10.3. The van der Waals surface area contributed by atoms with Crippen LogP contribution in [0.2, 0.25) is 0 Å². The zero-order valence-corrected chi connectivity index (χ0v) is 17.9. The summed E-state index contributed by atoms with van der Waals surface area (Å²) in [4.78, 5) is 49.9. The van der Waals surface area contributed by atoms with E-state index >= 15 is 0 Å². The first-order valence-corrected chi connectivity index (χ1v) is 10.3. The van der Waals surface area contributed by atoms with Gasteiger partial charge in [-0.3, -0.25) is 19.3 Å². The lowest BCUT2D eigenvalue weighted by Gasteiger charge is -2.22. The van der Waals surface area contributed by atoms with Gasteiger partial charge in [0.25, 0.3) is 11.8 Å². The Hall–Kier alpha value is -3.42. The summed E-state index contributed by atoms with van der Waals surface area (Å²) in [5.74, 6) is -1.43. The van der Waals surface area contributed by atoms with Gasteiger partial charge >= 0.3 is 12.0 Å². The number of fused-ring (bicyclic) bond motifs is 1. The van der Waals surface area contributed by atoms with Crippen molar-refractivity contribution in [2.24, 2.45) is 5.92 Å². The smallest absolute Gasteiger partial charge is 0.326 e. The number of carbonyl (C=O) groups excluding carboxylic acids is 4. The Kier molecular flexibility index (Phi) is 6.58. The third-order valence-electron chi connectivity index (χ3n) is 5.25. The number of hydrogen-bond donors (Lipinski definition) is 2. The molecule has 0 radical (unpaired) electrons. The molecule has 164 valence electrons. The van der Waals surface area contributed by atoms with Crippen LogP contribution in [-0.2, 0) is 19.1 Å². The number of hydrogen-bond acceptors (Lipinski definition) is 5. The number of benzene rings is 2. The Balaban J connectivity index is 1.50. The van der Waals surface area contributed by atoms with E-state index in [1.165, 1.54) is 0 Å². The van der Waals surface area contributed by atoms with Gasteiger partial charge in [0.05, 0.1) is 0 Å². The summed E-state index contributed by atoms with van der Waals surface area (Å²) in [5.41, 5.74) is -0.454. The van der Waals surface area contributed by atoms with Gasteiger partial charge in [0.15, 0.2) is 6.61 Å². The van der Waals surface area contributed by atoms with E-state index in [4.69, 9.17) is 4.74 Å². The molecule has 4 amide bonds. The molecule has 1 heterocycles. The number of imide groups is 1. The van der Waals surface area contributed by atoms with E-state index in [1.807, 2.05) is 50.2 Å². The molecule has 2 N–H and O–H groups in total. The quantitative estimate of drug-likeness (QED) is 0.500. The zero-order chi connectivity index (χ0) is 22.6. The number of anilines is 1. The van der Waals surface area contributed by atoms with Gasteiger partial charge in [-0.25, -0.2) is 4.79 Å². The van der Waals surface area contributed by atoms with Gasteiger partial charge < -0.3 is 15.4 Å². The van der Waals surface area contributed by atoms with Crippen LogP contribution in [0.5, 0.6) is 0 Å². The molecule has 0 aromatic heterocycles. The predicted molar refractivity (Wildman–Crippen MR) is 116 cm³/mol. The van der Waals surface area contributed by atoms with Crippen molar-refractivity contribution in [3.8, 4) is 0 Å². The topological polar surface area (TPSA) is 105 Å². The average molecular weight is 425 g/mol. The minimum Gasteiger partial charge on any atom is -0.454 e. The van der Waals surface area contributed by atoms with Gasteiger partial charge in [-0.15, -0.1) is 0 Å². The molecule has 1 aliphatic rings. The molecule has 8 nitrogen and oxygen atoms in total. The standard InChI is InChI=1S/C23H27N3O5/c1-15(2)10-11-23(3)21(29)26(22(30)25-23)13-20(28)31-14-19(27)24-18-9-8-16-6-4-5-7-17(16)12-18/h4-9,12,15H,10-11,13-14H2,1-3H3,(H,24,27)(H,25,30)/t23-/m1/s1. The number of esters is 1. The van der Waals surface area contributed by atoms with E-state index in [1.54, 1.807) is 13.0 Å². The van der Waals surface area contributed by atoms with Gasteiger partial charge in [-0.2, -0.15) is 0 Å². The largest absolute Gasteiger partial charge is 0.454 e. The van der Waals surface area contributed by atoms with Crippen molar-refractivity contribution in [2.45, 2.75) is 39.2 Å². The highest BCUT2D eigenvalue weighted by molar-refractivity contribution is 6.08. The Morgan fingerprint density at radius 2 is 1.84 bits per heavy atom.